The monoisotopic (exact) mass is 218 g/mol. The van der Waals surface area contributed by atoms with Gasteiger partial charge in [0, 0.05) is 5.92 Å². The molecule has 0 aromatic heterocycles. The highest BCUT2D eigenvalue weighted by atomic mass is 16.4. The second kappa shape index (κ2) is 5.50. The van der Waals surface area contributed by atoms with E-state index in [9.17, 15) is 9.90 Å². The van der Waals surface area contributed by atoms with Crippen molar-refractivity contribution >= 4 is 5.97 Å². The highest BCUT2D eigenvalue weighted by Gasteiger charge is 2.29. The van der Waals surface area contributed by atoms with Crippen molar-refractivity contribution in [2.75, 3.05) is 0 Å². The first-order chi connectivity index (χ1) is 7.57. The molecule has 2 nitrogen and oxygen atoms in total. The van der Waals surface area contributed by atoms with Gasteiger partial charge in [-0.2, -0.15) is 0 Å². The van der Waals surface area contributed by atoms with Gasteiger partial charge in [0.05, 0.1) is 5.92 Å². The van der Waals surface area contributed by atoms with E-state index >= 15 is 0 Å². The van der Waals surface area contributed by atoms with Crippen LogP contribution in [0.5, 0.6) is 0 Å². The highest BCUT2D eigenvalue weighted by molar-refractivity contribution is 5.72. The molecule has 16 heavy (non-hydrogen) atoms. The van der Waals surface area contributed by atoms with E-state index in [1.807, 2.05) is 44.2 Å². The summed E-state index contributed by atoms with van der Waals surface area (Å²) < 4.78 is 0. The van der Waals surface area contributed by atoms with E-state index in [2.05, 4.69) is 6.58 Å². The molecule has 2 unspecified atom stereocenters. The maximum absolute atomic E-state index is 11.3. The van der Waals surface area contributed by atoms with Crippen LogP contribution in [-0.4, -0.2) is 11.1 Å². The molecule has 1 aromatic rings. The summed E-state index contributed by atoms with van der Waals surface area (Å²) in [7, 11) is 0. The first-order valence-corrected chi connectivity index (χ1v) is 5.48. The number of hydrogen-bond donors (Lipinski definition) is 1. The first-order valence-electron chi connectivity index (χ1n) is 5.48. The number of carbonyl (C=O) groups is 1. The molecule has 0 spiro atoms. The standard InChI is InChI=1S/C14H18O2/c1-4-12(11-8-6-5-7-9-11)13(10(2)3)14(15)16/h4-10,12-13H,1H2,2-3H3,(H,15,16). The van der Waals surface area contributed by atoms with Crippen LogP contribution in [0.25, 0.3) is 0 Å². The van der Waals surface area contributed by atoms with Gasteiger partial charge in [0.25, 0.3) is 0 Å². The van der Waals surface area contributed by atoms with Crippen molar-refractivity contribution in [2.45, 2.75) is 19.8 Å². The third-order valence-electron chi connectivity index (χ3n) is 2.83. The van der Waals surface area contributed by atoms with Gasteiger partial charge in [-0.05, 0) is 11.5 Å². The number of carboxylic acids is 1. The van der Waals surface area contributed by atoms with Crippen LogP contribution in [0.1, 0.15) is 25.3 Å². The molecule has 0 saturated heterocycles. The lowest BCUT2D eigenvalue weighted by molar-refractivity contribution is -0.143. The Balaban J connectivity index is 3.05. The summed E-state index contributed by atoms with van der Waals surface area (Å²) in [4.78, 5) is 11.3. The summed E-state index contributed by atoms with van der Waals surface area (Å²) in [6.07, 6.45) is 1.73. The van der Waals surface area contributed by atoms with Crippen LogP contribution in [0, 0.1) is 11.8 Å². The van der Waals surface area contributed by atoms with Crippen molar-refractivity contribution in [2.24, 2.45) is 11.8 Å². The number of allylic oxidation sites excluding steroid dienone is 1. The van der Waals surface area contributed by atoms with Crippen LogP contribution in [0.2, 0.25) is 0 Å². The summed E-state index contributed by atoms with van der Waals surface area (Å²) in [6.45, 7) is 7.62. The Hall–Kier alpha value is -1.57. The molecule has 1 rings (SSSR count). The summed E-state index contributed by atoms with van der Waals surface area (Å²) in [6, 6.07) is 9.67. The smallest absolute Gasteiger partial charge is 0.307 e. The second-order valence-electron chi connectivity index (χ2n) is 4.28. The summed E-state index contributed by atoms with van der Waals surface area (Å²) in [5, 5.41) is 9.26. The Morgan fingerprint density at radius 3 is 2.25 bits per heavy atom. The Kier molecular flexibility index (Phi) is 4.29. The number of benzene rings is 1. The van der Waals surface area contributed by atoms with Gasteiger partial charge < -0.3 is 5.11 Å². The van der Waals surface area contributed by atoms with E-state index in [1.165, 1.54) is 0 Å². The third-order valence-corrected chi connectivity index (χ3v) is 2.83. The largest absolute Gasteiger partial charge is 0.481 e. The third kappa shape index (κ3) is 2.72. The summed E-state index contributed by atoms with van der Waals surface area (Å²) in [5.74, 6) is -1.22. The SMILES string of the molecule is C=CC(c1ccccc1)C(C(=O)O)C(C)C. The molecule has 0 heterocycles. The van der Waals surface area contributed by atoms with Gasteiger partial charge >= 0.3 is 5.97 Å². The van der Waals surface area contributed by atoms with E-state index in [0.29, 0.717) is 0 Å². The Bertz CT molecular complexity index is 354. The molecule has 0 aliphatic heterocycles. The number of aliphatic carboxylic acids is 1. The topological polar surface area (TPSA) is 37.3 Å². The van der Waals surface area contributed by atoms with E-state index in [0.717, 1.165) is 5.56 Å². The summed E-state index contributed by atoms with van der Waals surface area (Å²) >= 11 is 0. The van der Waals surface area contributed by atoms with Crippen molar-refractivity contribution in [1.82, 2.24) is 0 Å². The average molecular weight is 218 g/mol. The predicted molar refractivity (Wildman–Crippen MR) is 65.3 cm³/mol. The maximum Gasteiger partial charge on any atom is 0.307 e. The Morgan fingerprint density at radius 2 is 1.88 bits per heavy atom. The molecule has 2 atom stereocenters. The van der Waals surface area contributed by atoms with E-state index in [1.54, 1.807) is 6.08 Å². The van der Waals surface area contributed by atoms with Gasteiger partial charge in [-0.15, -0.1) is 6.58 Å². The minimum absolute atomic E-state index is 0.0840. The van der Waals surface area contributed by atoms with E-state index in [-0.39, 0.29) is 11.8 Å². The molecule has 1 aromatic carbocycles. The van der Waals surface area contributed by atoms with Crippen molar-refractivity contribution in [3.63, 3.8) is 0 Å². The maximum atomic E-state index is 11.3. The lowest BCUT2D eigenvalue weighted by Crippen LogP contribution is -2.25. The van der Waals surface area contributed by atoms with Crippen LogP contribution in [-0.2, 0) is 4.79 Å². The van der Waals surface area contributed by atoms with Crippen LogP contribution < -0.4 is 0 Å². The minimum Gasteiger partial charge on any atom is -0.481 e. The molecule has 1 N–H and O–H groups in total. The minimum atomic E-state index is -0.760. The van der Waals surface area contributed by atoms with Crippen molar-refractivity contribution in [3.8, 4) is 0 Å². The van der Waals surface area contributed by atoms with Crippen molar-refractivity contribution < 1.29 is 9.90 Å². The van der Waals surface area contributed by atoms with E-state index in [4.69, 9.17) is 0 Å². The fraction of sp³-hybridized carbons (Fsp3) is 0.357. The number of carboxylic acid groups (broad SMARTS) is 1. The zero-order valence-electron chi connectivity index (χ0n) is 9.76. The summed E-state index contributed by atoms with van der Waals surface area (Å²) in [5.41, 5.74) is 1.01. The normalized spacial score (nSPS) is 14.4. The lowest BCUT2D eigenvalue weighted by atomic mass is 9.79. The molecular formula is C14H18O2. The van der Waals surface area contributed by atoms with Gasteiger partial charge in [0.1, 0.15) is 0 Å². The van der Waals surface area contributed by atoms with Crippen LogP contribution in [0.15, 0.2) is 43.0 Å². The first kappa shape index (κ1) is 12.5. The average Bonchev–Trinajstić information content (AvgIpc) is 2.25. The van der Waals surface area contributed by atoms with Crippen molar-refractivity contribution in [1.29, 1.82) is 0 Å². The molecule has 0 bridgehead atoms. The molecule has 2 heteroatoms. The molecule has 0 aliphatic carbocycles. The molecular weight excluding hydrogens is 200 g/mol. The molecule has 0 fully saturated rings. The van der Waals surface area contributed by atoms with Crippen LogP contribution >= 0.6 is 0 Å². The van der Waals surface area contributed by atoms with Gasteiger partial charge in [0.2, 0.25) is 0 Å². The van der Waals surface area contributed by atoms with Crippen LogP contribution in [0.4, 0.5) is 0 Å². The predicted octanol–water partition coefficient (Wildman–Crippen LogP) is 3.31. The van der Waals surface area contributed by atoms with Crippen molar-refractivity contribution in [3.05, 3.63) is 48.6 Å². The molecule has 0 aliphatic rings. The molecule has 0 radical (unpaired) electrons. The second-order valence-corrected chi connectivity index (χ2v) is 4.28. The van der Waals surface area contributed by atoms with E-state index < -0.39 is 11.9 Å². The van der Waals surface area contributed by atoms with Gasteiger partial charge in [0.15, 0.2) is 0 Å². The molecule has 0 saturated carbocycles. The highest BCUT2D eigenvalue weighted by Crippen LogP contribution is 2.31. The Morgan fingerprint density at radius 1 is 1.31 bits per heavy atom. The quantitative estimate of drug-likeness (QED) is 0.770. The number of hydrogen-bond acceptors (Lipinski definition) is 1. The fourth-order valence-electron chi connectivity index (χ4n) is 2.02. The molecule has 86 valence electrons. The number of rotatable bonds is 5. The zero-order valence-corrected chi connectivity index (χ0v) is 9.76. The van der Waals surface area contributed by atoms with Gasteiger partial charge in [-0.3, -0.25) is 4.79 Å². The van der Waals surface area contributed by atoms with Crippen LogP contribution in [0.3, 0.4) is 0 Å². The Labute approximate surface area is 96.6 Å². The zero-order chi connectivity index (χ0) is 12.1. The molecule has 0 amide bonds. The van der Waals surface area contributed by atoms with Gasteiger partial charge in [-0.1, -0.05) is 50.3 Å². The lowest BCUT2D eigenvalue weighted by Gasteiger charge is -2.24. The fourth-order valence-corrected chi connectivity index (χ4v) is 2.02. The van der Waals surface area contributed by atoms with Gasteiger partial charge in [-0.25, -0.2) is 0 Å².